The number of aliphatic hydroxyl groups excluding tert-OH is 1. The van der Waals surface area contributed by atoms with E-state index in [9.17, 15) is 9.59 Å². The molecule has 0 saturated carbocycles. The van der Waals surface area contributed by atoms with Crippen molar-refractivity contribution in [3.8, 4) is 0 Å². The molecule has 4 N–H and O–H groups in total. The molecule has 2 atom stereocenters. The van der Waals surface area contributed by atoms with Crippen molar-refractivity contribution in [1.29, 1.82) is 0 Å². The van der Waals surface area contributed by atoms with Crippen LogP contribution in [0.4, 0.5) is 9.80 Å². The number of nitrogens with one attached hydrogen (secondary N) is 2. The van der Waals surface area contributed by atoms with Gasteiger partial charge in [0.25, 0.3) is 0 Å². The molecule has 1 heterocycles. The second-order valence-corrected chi connectivity index (χ2v) is 4.93. The third-order valence-electron chi connectivity index (χ3n) is 2.62. The van der Waals surface area contributed by atoms with Crippen molar-refractivity contribution in [1.82, 2.24) is 5.32 Å². The summed E-state index contributed by atoms with van der Waals surface area (Å²) in [6, 6.07) is 0.749. The number of aromatic carboxylic acids is 1. The number of hydrogen-bond acceptors (Lipinski definition) is 4. The van der Waals surface area contributed by atoms with Crippen LogP contribution in [0.5, 0.6) is 0 Å². The van der Waals surface area contributed by atoms with Crippen LogP contribution < -0.4 is 10.6 Å². The van der Waals surface area contributed by atoms with Gasteiger partial charge >= 0.3 is 12.0 Å². The highest BCUT2D eigenvalue weighted by molar-refractivity contribution is 7.14. The summed E-state index contributed by atoms with van der Waals surface area (Å²) in [4.78, 5) is 22.5. The predicted octanol–water partition coefficient (Wildman–Crippen LogP) is 1.58. The van der Waals surface area contributed by atoms with Gasteiger partial charge in [0.05, 0.1) is 5.56 Å². The van der Waals surface area contributed by atoms with E-state index in [-0.39, 0.29) is 24.1 Å². The first-order chi connectivity index (χ1) is 8.45. The largest absolute Gasteiger partial charge is 0.478 e. The molecule has 2 unspecified atom stereocenters. The molecule has 100 valence electrons. The quantitative estimate of drug-likeness (QED) is 0.654. The van der Waals surface area contributed by atoms with E-state index in [1.54, 1.807) is 19.2 Å². The molecule has 0 aliphatic carbocycles. The molecule has 0 aliphatic heterocycles. The normalized spacial score (nSPS) is 13.7. The maximum absolute atomic E-state index is 11.6. The van der Waals surface area contributed by atoms with Crippen LogP contribution in [-0.4, -0.2) is 34.9 Å². The molecule has 1 aromatic heterocycles. The molecule has 2 amide bonds. The number of urea groups is 1. The van der Waals surface area contributed by atoms with E-state index in [0.29, 0.717) is 5.00 Å². The molecule has 0 spiro atoms. The minimum absolute atomic E-state index is 0.0270. The van der Waals surface area contributed by atoms with Gasteiger partial charge in [-0.1, -0.05) is 6.92 Å². The van der Waals surface area contributed by atoms with Crippen LogP contribution in [0, 0.1) is 5.92 Å². The van der Waals surface area contributed by atoms with E-state index in [0.717, 1.165) is 11.3 Å². The van der Waals surface area contributed by atoms with Gasteiger partial charge in [0, 0.05) is 12.6 Å². The van der Waals surface area contributed by atoms with E-state index in [1.165, 1.54) is 6.07 Å². The lowest BCUT2D eigenvalue weighted by atomic mass is 10.1. The lowest BCUT2D eigenvalue weighted by Crippen LogP contribution is -2.40. The SMILES string of the molecule is CC(CO)C(C)NC(=O)Nc1sccc1C(=O)O. The van der Waals surface area contributed by atoms with Gasteiger partial charge in [0.1, 0.15) is 5.00 Å². The predicted molar refractivity (Wildman–Crippen MR) is 69.1 cm³/mol. The number of carbonyl (C=O) groups excluding carboxylic acids is 1. The minimum atomic E-state index is -1.08. The molecule has 0 saturated heterocycles. The Morgan fingerprint density at radius 2 is 2.11 bits per heavy atom. The van der Waals surface area contributed by atoms with Crippen LogP contribution in [0.3, 0.4) is 0 Å². The van der Waals surface area contributed by atoms with Crippen LogP contribution in [-0.2, 0) is 0 Å². The number of hydrogen-bond donors (Lipinski definition) is 4. The highest BCUT2D eigenvalue weighted by Crippen LogP contribution is 2.22. The molecule has 0 radical (unpaired) electrons. The lowest BCUT2D eigenvalue weighted by molar-refractivity contribution is 0.0698. The van der Waals surface area contributed by atoms with Crippen LogP contribution in [0.15, 0.2) is 11.4 Å². The van der Waals surface area contributed by atoms with Crippen molar-refractivity contribution in [2.45, 2.75) is 19.9 Å². The van der Waals surface area contributed by atoms with Crippen LogP contribution in [0.25, 0.3) is 0 Å². The third kappa shape index (κ3) is 3.71. The highest BCUT2D eigenvalue weighted by Gasteiger charge is 2.17. The second-order valence-electron chi connectivity index (χ2n) is 4.02. The van der Waals surface area contributed by atoms with E-state index < -0.39 is 12.0 Å². The highest BCUT2D eigenvalue weighted by atomic mass is 32.1. The fourth-order valence-corrected chi connectivity index (χ4v) is 1.99. The summed E-state index contributed by atoms with van der Waals surface area (Å²) < 4.78 is 0. The smallest absolute Gasteiger partial charge is 0.338 e. The van der Waals surface area contributed by atoms with Gasteiger partial charge in [0.15, 0.2) is 0 Å². The average Bonchev–Trinajstić information content (AvgIpc) is 2.75. The molecule has 1 aromatic rings. The van der Waals surface area contributed by atoms with Gasteiger partial charge in [-0.3, -0.25) is 5.32 Å². The number of rotatable bonds is 5. The summed E-state index contributed by atoms with van der Waals surface area (Å²) in [5.74, 6) is -1.15. The Morgan fingerprint density at radius 1 is 1.44 bits per heavy atom. The first-order valence-corrected chi connectivity index (χ1v) is 6.32. The molecule has 7 heteroatoms. The number of carbonyl (C=O) groups is 2. The fourth-order valence-electron chi connectivity index (χ4n) is 1.22. The molecular formula is C11H16N2O4S. The molecule has 6 nitrogen and oxygen atoms in total. The topological polar surface area (TPSA) is 98.7 Å². The Kier molecular flexibility index (Phi) is 5.11. The van der Waals surface area contributed by atoms with E-state index in [4.69, 9.17) is 10.2 Å². The van der Waals surface area contributed by atoms with Gasteiger partial charge in [-0.2, -0.15) is 0 Å². The van der Waals surface area contributed by atoms with Gasteiger partial charge in [-0.25, -0.2) is 9.59 Å². The van der Waals surface area contributed by atoms with Crippen molar-refractivity contribution in [2.75, 3.05) is 11.9 Å². The molecule has 18 heavy (non-hydrogen) atoms. The fraction of sp³-hybridized carbons (Fsp3) is 0.455. The first-order valence-electron chi connectivity index (χ1n) is 5.44. The minimum Gasteiger partial charge on any atom is -0.478 e. The average molecular weight is 272 g/mol. The van der Waals surface area contributed by atoms with Gasteiger partial charge < -0.3 is 15.5 Å². The summed E-state index contributed by atoms with van der Waals surface area (Å²) in [5, 5.41) is 24.8. The van der Waals surface area contributed by atoms with E-state index in [2.05, 4.69) is 10.6 Å². The molecular weight excluding hydrogens is 256 g/mol. The van der Waals surface area contributed by atoms with Crippen molar-refractivity contribution in [3.05, 3.63) is 17.0 Å². The molecule has 0 aromatic carbocycles. The van der Waals surface area contributed by atoms with Crippen molar-refractivity contribution >= 4 is 28.3 Å². The monoisotopic (exact) mass is 272 g/mol. The standard InChI is InChI=1S/C11H16N2O4S/c1-6(5-14)7(2)12-11(17)13-9-8(10(15)16)3-4-18-9/h3-4,6-7,14H,5H2,1-2H3,(H,15,16)(H2,12,13,17). The van der Waals surface area contributed by atoms with Gasteiger partial charge in [-0.15, -0.1) is 11.3 Å². The Labute approximate surface area is 109 Å². The summed E-state index contributed by atoms with van der Waals surface area (Å²) in [6.45, 7) is 3.55. The Hall–Kier alpha value is -1.60. The number of aliphatic hydroxyl groups is 1. The van der Waals surface area contributed by atoms with E-state index in [1.807, 2.05) is 0 Å². The van der Waals surface area contributed by atoms with Crippen molar-refractivity contribution in [3.63, 3.8) is 0 Å². The zero-order valence-electron chi connectivity index (χ0n) is 10.1. The second kappa shape index (κ2) is 6.36. The molecule has 1 rings (SSSR count). The Morgan fingerprint density at radius 3 is 2.67 bits per heavy atom. The van der Waals surface area contributed by atoms with Gasteiger partial charge in [-0.05, 0) is 24.3 Å². The number of anilines is 1. The third-order valence-corrected chi connectivity index (χ3v) is 3.45. The lowest BCUT2D eigenvalue weighted by Gasteiger charge is -2.19. The maximum Gasteiger partial charge on any atom is 0.338 e. The summed E-state index contributed by atoms with van der Waals surface area (Å²) in [6.07, 6.45) is 0. The summed E-state index contributed by atoms with van der Waals surface area (Å²) >= 11 is 1.15. The number of carboxylic acids is 1. The number of thiophene rings is 1. The zero-order chi connectivity index (χ0) is 13.7. The molecule has 0 bridgehead atoms. The number of amides is 2. The van der Waals surface area contributed by atoms with Crippen LogP contribution >= 0.6 is 11.3 Å². The first kappa shape index (κ1) is 14.5. The summed E-state index contributed by atoms with van der Waals surface area (Å²) in [7, 11) is 0. The zero-order valence-corrected chi connectivity index (χ0v) is 11.0. The number of carboxylic acid groups (broad SMARTS) is 1. The van der Waals surface area contributed by atoms with Crippen LogP contribution in [0.2, 0.25) is 0 Å². The van der Waals surface area contributed by atoms with Crippen LogP contribution in [0.1, 0.15) is 24.2 Å². The van der Waals surface area contributed by atoms with Gasteiger partial charge in [0.2, 0.25) is 0 Å². The van der Waals surface area contributed by atoms with Crippen molar-refractivity contribution in [2.24, 2.45) is 5.92 Å². The Bertz CT molecular complexity index is 432. The molecule has 0 fully saturated rings. The summed E-state index contributed by atoms with van der Waals surface area (Å²) in [5.41, 5.74) is 0.0676. The Balaban J connectivity index is 2.60. The van der Waals surface area contributed by atoms with E-state index >= 15 is 0 Å². The van der Waals surface area contributed by atoms with Crippen molar-refractivity contribution < 1.29 is 19.8 Å². The maximum atomic E-state index is 11.6. The molecule has 0 aliphatic rings.